The molecule has 17 heavy (non-hydrogen) atoms. The van der Waals surface area contributed by atoms with Crippen molar-refractivity contribution in [2.24, 2.45) is 0 Å². The molecule has 0 bridgehead atoms. The molecule has 0 aliphatic heterocycles. The van der Waals surface area contributed by atoms with Gasteiger partial charge in [0.2, 0.25) is 0 Å². The molecule has 3 heteroatoms. The number of fused-ring (bicyclic) bond motifs is 1. The third-order valence-corrected chi connectivity index (χ3v) is 2.75. The Bertz CT molecular complexity index is 627. The molecular weight excluding hydrogens is 216 g/mol. The first-order valence-electron chi connectivity index (χ1n) is 5.16. The van der Waals surface area contributed by atoms with Crippen LogP contribution >= 0.6 is 0 Å². The number of aryl methyl sites for hydroxylation is 1. The first-order valence-corrected chi connectivity index (χ1v) is 5.16. The van der Waals surface area contributed by atoms with Crippen LogP contribution in [0.25, 0.3) is 16.8 Å². The van der Waals surface area contributed by atoms with E-state index >= 15 is 0 Å². The Labute approximate surface area is 98.6 Å². The van der Waals surface area contributed by atoms with Crippen molar-refractivity contribution in [3.8, 4) is 5.75 Å². The summed E-state index contributed by atoms with van der Waals surface area (Å²) in [5, 5.41) is 20.2. The van der Waals surface area contributed by atoms with E-state index < -0.39 is 5.97 Å². The SMILES string of the molecule is C=Cc1c(C(=O)O)cc(O)c2ccc(C)cc12. The van der Waals surface area contributed by atoms with Crippen LogP contribution in [0.2, 0.25) is 0 Å². The number of carbonyl (C=O) groups is 1. The van der Waals surface area contributed by atoms with Crippen molar-refractivity contribution in [1.29, 1.82) is 0 Å². The van der Waals surface area contributed by atoms with Crippen molar-refractivity contribution in [2.45, 2.75) is 6.92 Å². The third-order valence-electron chi connectivity index (χ3n) is 2.75. The summed E-state index contributed by atoms with van der Waals surface area (Å²) in [4.78, 5) is 11.1. The van der Waals surface area contributed by atoms with Crippen LogP contribution in [0, 0.1) is 6.92 Å². The zero-order valence-electron chi connectivity index (χ0n) is 9.40. The maximum Gasteiger partial charge on any atom is 0.336 e. The van der Waals surface area contributed by atoms with Crippen LogP contribution in [-0.2, 0) is 0 Å². The van der Waals surface area contributed by atoms with Gasteiger partial charge in [-0.1, -0.05) is 36.4 Å². The molecule has 0 spiro atoms. The molecule has 2 aromatic rings. The summed E-state index contributed by atoms with van der Waals surface area (Å²) in [5.41, 5.74) is 1.60. The average Bonchev–Trinajstić information content (AvgIpc) is 2.28. The minimum atomic E-state index is -1.07. The molecule has 3 nitrogen and oxygen atoms in total. The summed E-state index contributed by atoms with van der Waals surface area (Å²) in [7, 11) is 0. The quantitative estimate of drug-likeness (QED) is 0.829. The third kappa shape index (κ3) is 1.76. The molecule has 0 aromatic heterocycles. The lowest BCUT2D eigenvalue weighted by molar-refractivity contribution is 0.0696. The van der Waals surface area contributed by atoms with Gasteiger partial charge in [0.1, 0.15) is 5.75 Å². The minimum absolute atomic E-state index is 0.0250. The van der Waals surface area contributed by atoms with Crippen molar-refractivity contribution in [1.82, 2.24) is 0 Å². The second-order valence-corrected chi connectivity index (χ2v) is 3.92. The highest BCUT2D eigenvalue weighted by Crippen LogP contribution is 2.32. The van der Waals surface area contributed by atoms with Gasteiger partial charge in [-0.05, 0) is 23.9 Å². The molecule has 0 unspecified atom stereocenters. The van der Waals surface area contributed by atoms with Gasteiger partial charge >= 0.3 is 5.97 Å². The van der Waals surface area contributed by atoms with Gasteiger partial charge in [0, 0.05) is 5.39 Å². The molecule has 0 amide bonds. The maximum absolute atomic E-state index is 11.1. The van der Waals surface area contributed by atoms with Gasteiger partial charge in [-0.2, -0.15) is 0 Å². The number of aromatic carboxylic acids is 1. The number of phenols is 1. The Morgan fingerprint density at radius 3 is 2.59 bits per heavy atom. The largest absolute Gasteiger partial charge is 0.507 e. The van der Waals surface area contributed by atoms with E-state index in [2.05, 4.69) is 6.58 Å². The highest BCUT2D eigenvalue weighted by atomic mass is 16.4. The summed E-state index contributed by atoms with van der Waals surface area (Å²) in [6, 6.07) is 6.75. The zero-order chi connectivity index (χ0) is 12.6. The standard InChI is InChI=1S/C14H12O3/c1-3-9-11-6-8(2)4-5-10(11)13(15)7-12(9)14(16)17/h3-7,15H,1H2,2H3,(H,16,17). The fourth-order valence-electron chi connectivity index (χ4n) is 1.94. The molecule has 0 fully saturated rings. The molecule has 2 rings (SSSR count). The van der Waals surface area contributed by atoms with Crippen molar-refractivity contribution in [2.75, 3.05) is 0 Å². The van der Waals surface area contributed by atoms with Gasteiger partial charge in [-0.3, -0.25) is 0 Å². The van der Waals surface area contributed by atoms with Crippen molar-refractivity contribution in [3.05, 3.63) is 47.5 Å². The Morgan fingerprint density at radius 2 is 2.00 bits per heavy atom. The van der Waals surface area contributed by atoms with E-state index in [4.69, 9.17) is 5.11 Å². The Kier molecular flexibility index (Phi) is 2.60. The van der Waals surface area contributed by atoms with Gasteiger partial charge in [0.05, 0.1) is 5.56 Å². The highest BCUT2D eigenvalue weighted by Gasteiger charge is 2.14. The number of aromatic hydroxyl groups is 1. The molecule has 2 aromatic carbocycles. The van der Waals surface area contributed by atoms with E-state index in [-0.39, 0.29) is 11.3 Å². The van der Waals surface area contributed by atoms with Crippen LogP contribution in [0.15, 0.2) is 30.8 Å². The number of hydrogen-bond donors (Lipinski definition) is 2. The second kappa shape index (κ2) is 3.94. The lowest BCUT2D eigenvalue weighted by Crippen LogP contribution is -2.00. The molecular formula is C14H12O3. The first-order chi connectivity index (χ1) is 8.04. The van der Waals surface area contributed by atoms with Crippen LogP contribution in [0.4, 0.5) is 0 Å². The van der Waals surface area contributed by atoms with Gasteiger partial charge in [-0.15, -0.1) is 0 Å². The summed E-state index contributed by atoms with van der Waals surface area (Å²) in [5.74, 6) is -1.10. The second-order valence-electron chi connectivity index (χ2n) is 3.92. The number of phenolic OH excluding ortho intramolecular Hbond substituents is 1. The monoisotopic (exact) mass is 228 g/mol. The Morgan fingerprint density at radius 1 is 1.29 bits per heavy atom. The van der Waals surface area contributed by atoms with E-state index in [0.29, 0.717) is 16.3 Å². The Balaban J connectivity index is 2.97. The number of hydrogen-bond acceptors (Lipinski definition) is 2. The predicted octanol–water partition coefficient (Wildman–Crippen LogP) is 3.20. The molecule has 2 N–H and O–H groups in total. The maximum atomic E-state index is 11.1. The van der Waals surface area contributed by atoms with E-state index in [1.807, 2.05) is 19.1 Å². The topological polar surface area (TPSA) is 57.5 Å². The van der Waals surface area contributed by atoms with Crippen LogP contribution in [-0.4, -0.2) is 16.2 Å². The number of benzene rings is 2. The van der Waals surface area contributed by atoms with Gasteiger partial charge in [0.15, 0.2) is 0 Å². The Hall–Kier alpha value is -2.29. The first kappa shape index (κ1) is 11.2. The van der Waals surface area contributed by atoms with E-state index in [1.165, 1.54) is 12.1 Å². The van der Waals surface area contributed by atoms with Crippen LogP contribution in [0.5, 0.6) is 5.75 Å². The van der Waals surface area contributed by atoms with Crippen LogP contribution in [0.1, 0.15) is 21.5 Å². The molecule has 0 aliphatic carbocycles. The average molecular weight is 228 g/mol. The van der Waals surface area contributed by atoms with Crippen molar-refractivity contribution in [3.63, 3.8) is 0 Å². The van der Waals surface area contributed by atoms with Crippen molar-refractivity contribution >= 4 is 22.8 Å². The van der Waals surface area contributed by atoms with E-state index in [1.54, 1.807) is 6.07 Å². The fraction of sp³-hybridized carbons (Fsp3) is 0.0714. The van der Waals surface area contributed by atoms with E-state index in [9.17, 15) is 9.90 Å². The number of carboxylic acid groups (broad SMARTS) is 1. The number of rotatable bonds is 2. The fourth-order valence-corrected chi connectivity index (χ4v) is 1.94. The molecule has 86 valence electrons. The summed E-state index contributed by atoms with van der Waals surface area (Å²) in [6.45, 7) is 5.55. The highest BCUT2D eigenvalue weighted by molar-refractivity contribution is 6.04. The van der Waals surface area contributed by atoms with Gasteiger partial charge < -0.3 is 10.2 Å². The lowest BCUT2D eigenvalue weighted by Gasteiger charge is -2.09. The van der Waals surface area contributed by atoms with Gasteiger partial charge in [0.25, 0.3) is 0 Å². The van der Waals surface area contributed by atoms with Crippen LogP contribution < -0.4 is 0 Å². The smallest absolute Gasteiger partial charge is 0.336 e. The molecule has 0 atom stereocenters. The molecule has 0 saturated carbocycles. The number of carboxylic acids is 1. The minimum Gasteiger partial charge on any atom is -0.507 e. The summed E-state index contributed by atoms with van der Waals surface area (Å²) in [6.07, 6.45) is 1.50. The summed E-state index contributed by atoms with van der Waals surface area (Å²) >= 11 is 0. The predicted molar refractivity (Wildman–Crippen MR) is 67.4 cm³/mol. The summed E-state index contributed by atoms with van der Waals surface area (Å²) < 4.78 is 0. The molecule has 0 saturated heterocycles. The van der Waals surface area contributed by atoms with E-state index in [0.717, 1.165) is 5.56 Å². The van der Waals surface area contributed by atoms with Gasteiger partial charge in [-0.25, -0.2) is 4.79 Å². The molecule has 0 aliphatic rings. The van der Waals surface area contributed by atoms with Crippen LogP contribution in [0.3, 0.4) is 0 Å². The normalized spacial score (nSPS) is 10.4. The zero-order valence-corrected chi connectivity index (χ0v) is 9.40. The molecule has 0 radical (unpaired) electrons. The lowest BCUT2D eigenvalue weighted by atomic mass is 9.96. The molecule has 0 heterocycles. The van der Waals surface area contributed by atoms with Crippen molar-refractivity contribution < 1.29 is 15.0 Å².